The van der Waals surface area contributed by atoms with Crippen molar-refractivity contribution >= 4 is 11.8 Å². The number of nitrogens with zero attached hydrogens (tertiary/aromatic N) is 3. The third-order valence-electron chi connectivity index (χ3n) is 4.11. The number of hydrogen-bond donors (Lipinski definition) is 3. The van der Waals surface area contributed by atoms with E-state index >= 15 is 0 Å². The fourth-order valence-electron chi connectivity index (χ4n) is 2.82. The minimum Gasteiger partial charge on any atom is -0.508 e. The van der Waals surface area contributed by atoms with Crippen LogP contribution in [0.2, 0.25) is 0 Å². The predicted octanol–water partition coefficient (Wildman–Crippen LogP) is 1.84. The van der Waals surface area contributed by atoms with Gasteiger partial charge in [0, 0.05) is 32.4 Å². The highest BCUT2D eigenvalue weighted by Crippen LogP contribution is 2.23. The maximum atomic E-state index is 12.3. The second-order valence-corrected chi connectivity index (χ2v) is 5.79. The molecule has 1 aliphatic rings. The monoisotopic (exact) mass is 337 g/mol. The van der Waals surface area contributed by atoms with Crippen LogP contribution in [0.4, 0.5) is 10.6 Å². The molecule has 1 aromatic carbocycles. The van der Waals surface area contributed by atoms with Crippen molar-refractivity contribution in [1.82, 2.24) is 15.2 Å². The molecule has 1 aromatic heterocycles. The van der Waals surface area contributed by atoms with Crippen molar-refractivity contribution in [3.8, 4) is 11.8 Å². The summed E-state index contributed by atoms with van der Waals surface area (Å²) < 4.78 is 0. The van der Waals surface area contributed by atoms with Crippen LogP contribution in [-0.2, 0) is 13.0 Å². The van der Waals surface area contributed by atoms with Gasteiger partial charge in [0.2, 0.25) is 0 Å². The van der Waals surface area contributed by atoms with Crippen LogP contribution in [-0.4, -0.2) is 40.7 Å². The third-order valence-corrected chi connectivity index (χ3v) is 4.11. The van der Waals surface area contributed by atoms with E-state index in [2.05, 4.69) is 21.7 Å². The van der Waals surface area contributed by atoms with Crippen molar-refractivity contribution in [1.29, 1.82) is 5.26 Å². The first-order chi connectivity index (χ1) is 12.2. The van der Waals surface area contributed by atoms with E-state index in [1.54, 1.807) is 35.4 Å². The molecule has 7 heteroatoms. The molecule has 3 N–H and O–H groups in total. The zero-order chi connectivity index (χ0) is 17.6. The Morgan fingerprint density at radius 1 is 1.32 bits per heavy atom. The Labute approximate surface area is 145 Å². The Hall–Kier alpha value is -3.27. The third kappa shape index (κ3) is 3.98. The summed E-state index contributed by atoms with van der Waals surface area (Å²) >= 11 is 0. The standard InChI is InChI=1S/C18H19N5O2/c19-11-14-2-1-6-20-17(14)21-7-8-22-18(25)23-9-5-13-3-4-16(24)10-15(13)12-23/h1-4,6,10,24H,5,7-9,12H2,(H,20,21)(H,22,25). The van der Waals surface area contributed by atoms with Crippen LogP contribution in [0, 0.1) is 11.3 Å². The van der Waals surface area contributed by atoms with Crippen molar-refractivity contribution < 1.29 is 9.90 Å². The highest BCUT2D eigenvalue weighted by Gasteiger charge is 2.20. The summed E-state index contributed by atoms with van der Waals surface area (Å²) in [6.45, 7) is 2.03. The number of hydrogen-bond acceptors (Lipinski definition) is 5. The molecule has 3 rings (SSSR count). The van der Waals surface area contributed by atoms with Gasteiger partial charge in [0.1, 0.15) is 17.6 Å². The maximum Gasteiger partial charge on any atom is 0.317 e. The van der Waals surface area contributed by atoms with Crippen molar-refractivity contribution in [3.05, 3.63) is 53.2 Å². The number of anilines is 1. The van der Waals surface area contributed by atoms with Gasteiger partial charge in [-0.05, 0) is 41.8 Å². The van der Waals surface area contributed by atoms with Gasteiger partial charge in [0.05, 0.1) is 5.56 Å². The molecule has 0 fully saturated rings. The molecule has 0 atom stereocenters. The molecule has 128 valence electrons. The Balaban J connectivity index is 1.48. The summed E-state index contributed by atoms with van der Waals surface area (Å²) in [6.07, 6.45) is 2.39. The van der Waals surface area contributed by atoms with Crippen LogP contribution in [0.1, 0.15) is 16.7 Å². The van der Waals surface area contributed by atoms with Gasteiger partial charge in [-0.1, -0.05) is 6.07 Å². The van der Waals surface area contributed by atoms with Crippen LogP contribution in [0.5, 0.6) is 5.75 Å². The first kappa shape index (κ1) is 16.6. The van der Waals surface area contributed by atoms with Crippen LogP contribution < -0.4 is 10.6 Å². The summed E-state index contributed by atoms with van der Waals surface area (Å²) in [5.41, 5.74) is 2.62. The molecule has 0 saturated carbocycles. The van der Waals surface area contributed by atoms with E-state index in [1.807, 2.05) is 6.07 Å². The van der Waals surface area contributed by atoms with Gasteiger partial charge in [-0.15, -0.1) is 0 Å². The van der Waals surface area contributed by atoms with Gasteiger partial charge in [0.15, 0.2) is 0 Å². The molecule has 25 heavy (non-hydrogen) atoms. The van der Waals surface area contributed by atoms with Crippen molar-refractivity contribution in [2.75, 3.05) is 25.0 Å². The van der Waals surface area contributed by atoms with Gasteiger partial charge in [0.25, 0.3) is 0 Å². The molecule has 2 aromatic rings. The van der Waals surface area contributed by atoms with E-state index < -0.39 is 0 Å². The van der Waals surface area contributed by atoms with Gasteiger partial charge >= 0.3 is 6.03 Å². The van der Waals surface area contributed by atoms with Crippen LogP contribution in [0.15, 0.2) is 36.5 Å². The number of fused-ring (bicyclic) bond motifs is 1. The lowest BCUT2D eigenvalue weighted by Gasteiger charge is -2.29. The molecule has 1 aliphatic heterocycles. The summed E-state index contributed by atoms with van der Waals surface area (Å²) in [5, 5.41) is 24.5. The second-order valence-electron chi connectivity index (χ2n) is 5.79. The zero-order valence-electron chi connectivity index (χ0n) is 13.7. The predicted molar refractivity (Wildman–Crippen MR) is 93.1 cm³/mol. The average molecular weight is 337 g/mol. The molecule has 0 aliphatic carbocycles. The lowest BCUT2D eigenvalue weighted by Crippen LogP contribution is -2.44. The van der Waals surface area contributed by atoms with Crippen LogP contribution >= 0.6 is 0 Å². The quantitative estimate of drug-likeness (QED) is 0.739. The van der Waals surface area contributed by atoms with Gasteiger partial charge < -0.3 is 20.6 Å². The fourth-order valence-corrected chi connectivity index (χ4v) is 2.82. The zero-order valence-corrected chi connectivity index (χ0v) is 13.7. The number of carbonyl (C=O) groups is 1. The number of phenolic OH excluding ortho intramolecular Hbond substituents is 1. The number of aromatic hydroxyl groups is 1. The van der Waals surface area contributed by atoms with E-state index in [0.29, 0.717) is 37.6 Å². The molecular formula is C18H19N5O2. The van der Waals surface area contributed by atoms with Crippen molar-refractivity contribution in [3.63, 3.8) is 0 Å². The molecule has 0 radical (unpaired) electrons. The number of benzene rings is 1. The summed E-state index contributed by atoms with van der Waals surface area (Å²) in [6, 6.07) is 10.6. The Kier molecular flexibility index (Phi) is 5.00. The molecular weight excluding hydrogens is 318 g/mol. The van der Waals surface area contributed by atoms with Crippen LogP contribution in [0.3, 0.4) is 0 Å². The largest absolute Gasteiger partial charge is 0.508 e. The molecule has 0 bridgehead atoms. The lowest BCUT2D eigenvalue weighted by atomic mass is 10.00. The second kappa shape index (κ2) is 7.53. The number of urea groups is 1. The SMILES string of the molecule is N#Cc1cccnc1NCCNC(=O)N1CCc2ccc(O)cc2C1. The van der Waals surface area contributed by atoms with Crippen molar-refractivity contribution in [2.45, 2.75) is 13.0 Å². The Morgan fingerprint density at radius 2 is 2.20 bits per heavy atom. The highest BCUT2D eigenvalue weighted by molar-refractivity contribution is 5.74. The first-order valence-corrected chi connectivity index (χ1v) is 8.10. The minimum atomic E-state index is -0.141. The first-order valence-electron chi connectivity index (χ1n) is 8.10. The van der Waals surface area contributed by atoms with E-state index in [4.69, 9.17) is 5.26 Å². The molecule has 0 saturated heterocycles. The van der Waals surface area contributed by atoms with Gasteiger partial charge in [-0.25, -0.2) is 9.78 Å². The van der Waals surface area contributed by atoms with E-state index in [0.717, 1.165) is 12.0 Å². The van der Waals surface area contributed by atoms with Gasteiger partial charge in [-0.3, -0.25) is 0 Å². The van der Waals surface area contributed by atoms with E-state index in [9.17, 15) is 9.90 Å². The molecule has 7 nitrogen and oxygen atoms in total. The highest BCUT2D eigenvalue weighted by atomic mass is 16.3. The number of phenols is 1. The number of aromatic nitrogens is 1. The smallest absolute Gasteiger partial charge is 0.317 e. The Morgan fingerprint density at radius 3 is 3.04 bits per heavy atom. The topological polar surface area (TPSA) is 101 Å². The average Bonchev–Trinajstić information content (AvgIpc) is 2.64. The number of carbonyl (C=O) groups excluding carboxylic acids is 1. The summed E-state index contributed by atoms with van der Waals surface area (Å²) in [7, 11) is 0. The number of nitriles is 1. The summed E-state index contributed by atoms with van der Waals surface area (Å²) in [5.74, 6) is 0.732. The Bertz CT molecular complexity index is 815. The fraction of sp³-hybridized carbons (Fsp3) is 0.278. The van der Waals surface area contributed by atoms with E-state index in [1.165, 1.54) is 5.56 Å². The van der Waals surface area contributed by atoms with Gasteiger partial charge in [-0.2, -0.15) is 5.26 Å². The number of amides is 2. The molecule has 2 amide bonds. The van der Waals surface area contributed by atoms with Crippen molar-refractivity contribution in [2.24, 2.45) is 0 Å². The molecule has 2 heterocycles. The number of rotatable bonds is 4. The number of nitrogens with one attached hydrogen (secondary N) is 2. The summed E-state index contributed by atoms with van der Waals surface area (Å²) in [4.78, 5) is 18.1. The minimum absolute atomic E-state index is 0.141. The lowest BCUT2D eigenvalue weighted by molar-refractivity contribution is 0.192. The molecule has 0 spiro atoms. The normalized spacial score (nSPS) is 12.8. The molecule has 0 unspecified atom stereocenters. The maximum absolute atomic E-state index is 12.3. The number of pyridine rings is 1. The van der Waals surface area contributed by atoms with Crippen LogP contribution in [0.25, 0.3) is 0 Å². The van der Waals surface area contributed by atoms with E-state index in [-0.39, 0.29) is 11.8 Å².